The van der Waals surface area contributed by atoms with Crippen molar-refractivity contribution < 1.29 is 19.0 Å². The van der Waals surface area contributed by atoms with Gasteiger partial charge in [0.05, 0.1) is 19.8 Å². The number of benzene rings is 1. The molecule has 1 saturated heterocycles. The Bertz CT molecular complexity index is 836. The molecule has 2 heterocycles. The molecule has 1 aromatic heterocycles. The quantitative estimate of drug-likeness (QED) is 0.709. The molecule has 0 radical (unpaired) electrons. The molecule has 7 heteroatoms. The SMILES string of the molecule is CCOc1ccc(C(=O)N2CCC[C@@H](Oc3nc(C)cc(C)n3)C2)cc1OCC. The fourth-order valence-corrected chi connectivity index (χ4v) is 3.48. The number of amides is 1. The topological polar surface area (TPSA) is 73.8 Å². The third-order valence-electron chi connectivity index (χ3n) is 4.69. The highest BCUT2D eigenvalue weighted by molar-refractivity contribution is 5.95. The van der Waals surface area contributed by atoms with E-state index in [9.17, 15) is 4.79 Å². The molecule has 1 atom stereocenters. The van der Waals surface area contributed by atoms with Crippen LogP contribution in [0.4, 0.5) is 0 Å². The second kappa shape index (κ2) is 9.58. The molecule has 0 bridgehead atoms. The highest BCUT2D eigenvalue weighted by atomic mass is 16.5. The number of carbonyl (C=O) groups is 1. The first-order chi connectivity index (χ1) is 14.0. The molecular weight excluding hydrogens is 370 g/mol. The van der Waals surface area contributed by atoms with Crippen LogP contribution in [0, 0.1) is 13.8 Å². The van der Waals surface area contributed by atoms with E-state index in [2.05, 4.69) is 9.97 Å². The van der Waals surface area contributed by atoms with E-state index in [0.29, 0.717) is 49.4 Å². The lowest BCUT2D eigenvalue weighted by atomic mass is 10.1. The predicted molar refractivity (Wildman–Crippen MR) is 110 cm³/mol. The van der Waals surface area contributed by atoms with E-state index in [-0.39, 0.29) is 12.0 Å². The van der Waals surface area contributed by atoms with Gasteiger partial charge in [-0.05, 0) is 64.8 Å². The van der Waals surface area contributed by atoms with Crippen molar-refractivity contribution in [3.05, 3.63) is 41.2 Å². The van der Waals surface area contributed by atoms with Crippen LogP contribution in [-0.4, -0.2) is 53.2 Å². The average molecular weight is 399 g/mol. The van der Waals surface area contributed by atoms with Crippen molar-refractivity contribution in [2.45, 2.75) is 46.6 Å². The predicted octanol–water partition coefficient (Wildman–Crippen LogP) is 3.57. The second-order valence-corrected chi connectivity index (χ2v) is 7.09. The third-order valence-corrected chi connectivity index (χ3v) is 4.69. The maximum atomic E-state index is 13.1. The van der Waals surface area contributed by atoms with E-state index in [1.54, 1.807) is 18.2 Å². The highest BCUT2D eigenvalue weighted by Crippen LogP contribution is 2.29. The molecule has 29 heavy (non-hydrogen) atoms. The lowest BCUT2D eigenvalue weighted by Crippen LogP contribution is -2.44. The first kappa shape index (κ1) is 20.9. The minimum absolute atomic E-state index is 0.0383. The van der Waals surface area contributed by atoms with Gasteiger partial charge in [0.2, 0.25) is 0 Å². The van der Waals surface area contributed by atoms with Crippen molar-refractivity contribution in [3.8, 4) is 17.5 Å². The van der Waals surface area contributed by atoms with Gasteiger partial charge in [-0.25, -0.2) is 9.97 Å². The number of ether oxygens (including phenoxy) is 3. The summed E-state index contributed by atoms with van der Waals surface area (Å²) in [4.78, 5) is 23.6. The van der Waals surface area contributed by atoms with Gasteiger partial charge in [-0.2, -0.15) is 0 Å². The van der Waals surface area contributed by atoms with Crippen molar-refractivity contribution in [1.29, 1.82) is 0 Å². The van der Waals surface area contributed by atoms with E-state index >= 15 is 0 Å². The van der Waals surface area contributed by atoms with Gasteiger partial charge in [0.25, 0.3) is 5.91 Å². The lowest BCUT2D eigenvalue weighted by molar-refractivity contribution is 0.0514. The summed E-state index contributed by atoms with van der Waals surface area (Å²) in [5, 5.41) is 0. The Kier molecular flexibility index (Phi) is 6.90. The molecule has 0 unspecified atom stereocenters. The maximum Gasteiger partial charge on any atom is 0.317 e. The number of aromatic nitrogens is 2. The fourth-order valence-electron chi connectivity index (χ4n) is 3.48. The van der Waals surface area contributed by atoms with Crippen LogP contribution in [0.5, 0.6) is 17.5 Å². The van der Waals surface area contributed by atoms with Gasteiger partial charge in [0.1, 0.15) is 6.10 Å². The van der Waals surface area contributed by atoms with E-state index in [0.717, 1.165) is 24.2 Å². The molecule has 1 aliphatic heterocycles. The number of rotatable bonds is 7. The van der Waals surface area contributed by atoms with Crippen molar-refractivity contribution in [2.75, 3.05) is 26.3 Å². The summed E-state index contributed by atoms with van der Waals surface area (Å²) in [6, 6.07) is 7.62. The standard InChI is InChI=1S/C22H29N3O4/c1-5-27-19-10-9-17(13-20(19)28-6-2)21(26)25-11-7-8-18(14-25)29-22-23-15(3)12-16(4)24-22/h9-10,12-13,18H,5-8,11,14H2,1-4H3/t18-/m1/s1. The molecule has 0 saturated carbocycles. The van der Waals surface area contributed by atoms with Crippen LogP contribution in [0.25, 0.3) is 0 Å². The van der Waals surface area contributed by atoms with E-state index in [1.807, 2.05) is 38.7 Å². The summed E-state index contributed by atoms with van der Waals surface area (Å²) >= 11 is 0. The molecule has 1 amide bonds. The summed E-state index contributed by atoms with van der Waals surface area (Å²) < 4.78 is 17.2. The largest absolute Gasteiger partial charge is 0.490 e. The van der Waals surface area contributed by atoms with Gasteiger partial charge in [0.15, 0.2) is 11.5 Å². The summed E-state index contributed by atoms with van der Waals surface area (Å²) in [7, 11) is 0. The minimum Gasteiger partial charge on any atom is -0.490 e. The molecule has 1 fully saturated rings. The number of hydrogen-bond donors (Lipinski definition) is 0. The number of piperidine rings is 1. The zero-order valence-electron chi connectivity index (χ0n) is 17.6. The van der Waals surface area contributed by atoms with Crippen molar-refractivity contribution in [2.24, 2.45) is 0 Å². The second-order valence-electron chi connectivity index (χ2n) is 7.09. The van der Waals surface area contributed by atoms with Gasteiger partial charge in [0, 0.05) is 23.5 Å². The Balaban J connectivity index is 1.71. The number of hydrogen-bond acceptors (Lipinski definition) is 6. The number of nitrogens with zero attached hydrogens (tertiary/aromatic N) is 3. The Morgan fingerprint density at radius 2 is 1.76 bits per heavy atom. The van der Waals surface area contributed by atoms with Crippen LogP contribution in [0.2, 0.25) is 0 Å². The van der Waals surface area contributed by atoms with Crippen LogP contribution in [-0.2, 0) is 0 Å². The molecule has 2 aromatic rings. The molecule has 0 N–H and O–H groups in total. The molecule has 3 rings (SSSR count). The Morgan fingerprint density at radius 1 is 1.07 bits per heavy atom. The number of carbonyl (C=O) groups excluding carboxylic acids is 1. The van der Waals surface area contributed by atoms with Crippen LogP contribution in [0.3, 0.4) is 0 Å². The lowest BCUT2D eigenvalue weighted by Gasteiger charge is -2.32. The Hall–Kier alpha value is -2.83. The summed E-state index contributed by atoms with van der Waals surface area (Å²) in [6.07, 6.45) is 1.62. The Morgan fingerprint density at radius 3 is 2.45 bits per heavy atom. The van der Waals surface area contributed by atoms with Gasteiger partial charge in [-0.15, -0.1) is 0 Å². The van der Waals surface area contributed by atoms with Crippen LogP contribution < -0.4 is 14.2 Å². The summed E-state index contributed by atoms with van der Waals surface area (Å²) in [5.74, 6) is 1.20. The molecule has 1 aliphatic rings. The van der Waals surface area contributed by atoms with E-state index in [1.165, 1.54) is 0 Å². The van der Waals surface area contributed by atoms with Crippen molar-refractivity contribution in [1.82, 2.24) is 14.9 Å². The highest BCUT2D eigenvalue weighted by Gasteiger charge is 2.27. The van der Waals surface area contributed by atoms with Crippen LogP contribution in [0.15, 0.2) is 24.3 Å². The molecule has 7 nitrogen and oxygen atoms in total. The Labute approximate surface area is 172 Å². The van der Waals surface area contributed by atoms with Gasteiger partial charge in [-0.3, -0.25) is 4.79 Å². The smallest absolute Gasteiger partial charge is 0.317 e. The summed E-state index contributed by atoms with van der Waals surface area (Å²) in [6.45, 7) is 9.91. The maximum absolute atomic E-state index is 13.1. The van der Waals surface area contributed by atoms with Crippen molar-refractivity contribution >= 4 is 5.91 Å². The zero-order chi connectivity index (χ0) is 20.8. The normalized spacial score (nSPS) is 16.4. The monoisotopic (exact) mass is 399 g/mol. The molecular formula is C22H29N3O4. The van der Waals surface area contributed by atoms with E-state index < -0.39 is 0 Å². The van der Waals surface area contributed by atoms with Crippen LogP contribution >= 0.6 is 0 Å². The average Bonchev–Trinajstić information content (AvgIpc) is 2.68. The first-order valence-electron chi connectivity index (χ1n) is 10.2. The third kappa shape index (κ3) is 5.37. The molecule has 0 spiro atoms. The minimum atomic E-state index is -0.122. The number of likely N-dealkylation sites (tertiary alicyclic amines) is 1. The van der Waals surface area contributed by atoms with Gasteiger partial charge >= 0.3 is 6.01 Å². The fraction of sp³-hybridized carbons (Fsp3) is 0.500. The number of aryl methyl sites for hydroxylation is 2. The first-order valence-corrected chi connectivity index (χ1v) is 10.2. The van der Waals surface area contributed by atoms with Crippen molar-refractivity contribution in [3.63, 3.8) is 0 Å². The van der Waals surface area contributed by atoms with Gasteiger partial charge in [-0.1, -0.05) is 0 Å². The molecule has 0 aliphatic carbocycles. The van der Waals surface area contributed by atoms with E-state index in [4.69, 9.17) is 14.2 Å². The molecule has 156 valence electrons. The van der Waals surface area contributed by atoms with Crippen LogP contribution in [0.1, 0.15) is 48.4 Å². The van der Waals surface area contributed by atoms with Gasteiger partial charge < -0.3 is 19.1 Å². The molecule has 1 aromatic carbocycles. The zero-order valence-corrected chi connectivity index (χ0v) is 17.6. The summed E-state index contributed by atoms with van der Waals surface area (Å²) in [5.41, 5.74) is 2.32.